The Morgan fingerprint density at radius 3 is 2.67 bits per heavy atom. The van der Waals surface area contributed by atoms with Crippen LogP contribution in [-0.2, 0) is 21.2 Å². The lowest BCUT2D eigenvalue weighted by atomic mass is 10.2. The molecule has 0 aliphatic heterocycles. The van der Waals surface area contributed by atoms with E-state index in [1.807, 2.05) is 6.92 Å². The molecule has 0 aliphatic carbocycles. The summed E-state index contributed by atoms with van der Waals surface area (Å²) in [6.45, 7) is 3.62. The monoisotopic (exact) mass is 275 g/mol. The third-order valence-electron chi connectivity index (χ3n) is 2.40. The first-order valence-corrected chi connectivity index (χ1v) is 7.18. The van der Waals surface area contributed by atoms with Crippen LogP contribution in [0.15, 0.2) is 11.2 Å². The van der Waals surface area contributed by atoms with E-state index in [1.165, 1.54) is 6.20 Å². The molecule has 0 radical (unpaired) electrons. The van der Waals surface area contributed by atoms with Crippen molar-refractivity contribution in [2.75, 3.05) is 0 Å². The minimum atomic E-state index is -3.86. The van der Waals surface area contributed by atoms with Crippen molar-refractivity contribution in [2.24, 2.45) is 0 Å². The summed E-state index contributed by atoms with van der Waals surface area (Å²) in [6, 6.07) is -1.12. The lowest BCUT2D eigenvalue weighted by molar-refractivity contribution is -0.139. The number of aryl methyl sites for hydroxylation is 1. The molecule has 3 N–H and O–H groups in total. The summed E-state index contributed by atoms with van der Waals surface area (Å²) in [7, 11) is -3.86. The molecule has 0 bridgehead atoms. The summed E-state index contributed by atoms with van der Waals surface area (Å²) in [4.78, 5) is 17.4. The van der Waals surface area contributed by atoms with E-state index in [2.05, 4.69) is 14.7 Å². The van der Waals surface area contributed by atoms with Crippen LogP contribution in [0.2, 0.25) is 0 Å². The Labute approximate surface area is 106 Å². The van der Waals surface area contributed by atoms with E-state index in [-0.39, 0.29) is 11.4 Å². The second-order valence-electron chi connectivity index (χ2n) is 3.85. The highest BCUT2D eigenvalue weighted by Gasteiger charge is 2.25. The highest BCUT2D eigenvalue weighted by atomic mass is 32.2. The topological polar surface area (TPSA) is 112 Å². The maximum absolute atomic E-state index is 11.9. The van der Waals surface area contributed by atoms with Crippen LogP contribution in [0.25, 0.3) is 0 Å². The van der Waals surface area contributed by atoms with Gasteiger partial charge in [-0.1, -0.05) is 20.3 Å². The number of nitrogens with zero attached hydrogens (tertiary/aromatic N) is 1. The molecule has 0 fully saturated rings. The first-order valence-electron chi connectivity index (χ1n) is 5.69. The molecule has 1 aromatic rings. The zero-order valence-corrected chi connectivity index (χ0v) is 11.1. The normalized spacial score (nSPS) is 13.4. The van der Waals surface area contributed by atoms with Gasteiger partial charge < -0.3 is 10.1 Å². The van der Waals surface area contributed by atoms with Gasteiger partial charge in [0, 0.05) is 6.42 Å². The third kappa shape index (κ3) is 3.54. The highest BCUT2D eigenvalue weighted by molar-refractivity contribution is 7.89. The molecule has 8 heteroatoms. The van der Waals surface area contributed by atoms with Gasteiger partial charge in [0.2, 0.25) is 0 Å². The van der Waals surface area contributed by atoms with E-state index in [4.69, 9.17) is 5.11 Å². The average molecular weight is 275 g/mol. The van der Waals surface area contributed by atoms with Gasteiger partial charge in [-0.15, -0.1) is 0 Å². The lowest BCUT2D eigenvalue weighted by Crippen LogP contribution is -2.40. The number of sulfonamides is 1. The van der Waals surface area contributed by atoms with Crippen LogP contribution < -0.4 is 4.72 Å². The molecule has 0 unspecified atom stereocenters. The smallest absolute Gasteiger partial charge is 0.321 e. The maximum Gasteiger partial charge on any atom is 0.321 e. The van der Waals surface area contributed by atoms with Crippen molar-refractivity contribution in [3.63, 3.8) is 0 Å². The van der Waals surface area contributed by atoms with Crippen LogP contribution in [0.3, 0.4) is 0 Å². The van der Waals surface area contributed by atoms with Crippen LogP contribution in [0.4, 0.5) is 0 Å². The molecule has 1 aromatic heterocycles. The summed E-state index contributed by atoms with van der Waals surface area (Å²) in [6.07, 6.45) is 2.57. The number of carboxylic acids is 1. The standard InChI is InChI=1S/C10H17N3O4S/c1-3-5-7(10(14)15)13-18(16,17)9-6-11-8(4-2)12-9/h6-7,13H,3-5H2,1-2H3,(H,11,12)(H,14,15)/t7-/m1/s1. The van der Waals surface area contributed by atoms with Gasteiger partial charge >= 0.3 is 5.97 Å². The van der Waals surface area contributed by atoms with E-state index in [0.717, 1.165) is 0 Å². The summed E-state index contributed by atoms with van der Waals surface area (Å²) in [5, 5.41) is 8.80. The molecule has 0 aromatic carbocycles. The Hall–Kier alpha value is -1.41. The zero-order valence-electron chi connectivity index (χ0n) is 10.3. The Bertz CT molecular complexity index is 509. The summed E-state index contributed by atoms with van der Waals surface area (Å²) < 4.78 is 26.0. The minimum absolute atomic E-state index is 0.110. The summed E-state index contributed by atoms with van der Waals surface area (Å²) in [5.74, 6) is -0.645. The average Bonchev–Trinajstić information content (AvgIpc) is 2.77. The van der Waals surface area contributed by atoms with E-state index in [9.17, 15) is 13.2 Å². The molecule has 18 heavy (non-hydrogen) atoms. The second-order valence-corrected chi connectivity index (χ2v) is 5.53. The van der Waals surface area contributed by atoms with Crippen molar-refractivity contribution in [3.8, 4) is 0 Å². The van der Waals surface area contributed by atoms with E-state index in [0.29, 0.717) is 18.7 Å². The van der Waals surface area contributed by atoms with Gasteiger partial charge in [-0.3, -0.25) is 4.79 Å². The number of imidazole rings is 1. The molecule has 1 atom stereocenters. The fourth-order valence-electron chi connectivity index (χ4n) is 1.43. The maximum atomic E-state index is 11.9. The third-order valence-corrected chi connectivity index (χ3v) is 3.78. The van der Waals surface area contributed by atoms with Gasteiger partial charge in [0.25, 0.3) is 10.0 Å². The summed E-state index contributed by atoms with van der Waals surface area (Å²) >= 11 is 0. The van der Waals surface area contributed by atoms with Crippen LogP contribution in [-0.4, -0.2) is 35.5 Å². The lowest BCUT2D eigenvalue weighted by Gasteiger charge is -2.12. The Morgan fingerprint density at radius 1 is 1.56 bits per heavy atom. The van der Waals surface area contributed by atoms with E-state index in [1.54, 1.807) is 6.92 Å². The number of nitrogens with one attached hydrogen (secondary N) is 2. The van der Waals surface area contributed by atoms with Crippen molar-refractivity contribution < 1.29 is 18.3 Å². The number of hydrogen-bond donors (Lipinski definition) is 3. The van der Waals surface area contributed by atoms with Gasteiger partial charge in [0.05, 0.1) is 6.20 Å². The fourth-order valence-corrected chi connectivity index (χ4v) is 2.60. The van der Waals surface area contributed by atoms with Crippen molar-refractivity contribution in [1.82, 2.24) is 14.7 Å². The predicted molar refractivity (Wildman–Crippen MR) is 64.6 cm³/mol. The number of hydrogen-bond acceptors (Lipinski definition) is 4. The molecule has 7 nitrogen and oxygen atoms in total. The van der Waals surface area contributed by atoms with E-state index < -0.39 is 22.0 Å². The van der Waals surface area contributed by atoms with E-state index >= 15 is 0 Å². The highest BCUT2D eigenvalue weighted by Crippen LogP contribution is 2.08. The number of aromatic nitrogens is 2. The Morgan fingerprint density at radius 2 is 2.22 bits per heavy atom. The molecular weight excluding hydrogens is 258 g/mol. The number of carbonyl (C=O) groups is 1. The molecule has 0 aliphatic rings. The molecule has 0 amide bonds. The molecule has 1 rings (SSSR count). The molecule has 0 spiro atoms. The quantitative estimate of drug-likeness (QED) is 0.671. The van der Waals surface area contributed by atoms with Crippen LogP contribution in [0.5, 0.6) is 0 Å². The number of carboxylic acid groups (broad SMARTS) is 1. The largest absolute Gasteiger partial charge is 0.480 e. The molecule has 0 saturated carbocycles. The Balaban J connectivity index is 2.89. The Kier molecular flexibility index (Phi) is 4.85. The number of rotatable bonds is 7. The molecule has 1 heterocycles. The fraction of sp³-hybridized carbons (Fsp3) is 0.600. The molecular formula is C10H17N3O4S. The first kappa shape index (κ1) is 14.7. The van der Waals surface area contributed by atoms with Crippen molar-refractivity contribution in [3.05, 3.63) is 12.0 Å². The summed E-state index contributed by atoms with van der Waals surface area (Å²) in [5.41, 5.74) is 0. The predicted octanol–water partition coefficient (Wildman–Crippen LogP) is 0.504. The minimum Gasteiger partial charge on any atom is -0.480 e. The second kappa shape index (κ2) is 5.96. The number of aliphatic carboxylic acids is 1. The first-order chi connectivity index (χ1) is 8.40. The zero-order chi connectivity index (χ0) is 13.8. The van der Waals surface area contributed by atoms with Gasteiger partial charge in [-0.25, -0.2) is 13.4 Å². The van der Waals surface area contributed by atoms with Gasteiger partial charge in [0.1, 0.15) is 11.9 Å². The van der Waals surface area contributed by atoms with Gasteiger partial charge in [0.15, 0.2) is 5.03 Å². The number of aromatic amines is 1. The van der Waals surface area contributed by atoms with Gasteiger partial charge in [-0.2, -0.15) is 4.72 Å². The van der Waals surface area contributed by atoms with Crippen LogP contribution in [0, 0.1) is 0 Å². The van der Waals surface area contributed by atoms with Gasteiger partial charge in [-0.05, 0) is 6.42 Å². The van der Waals surface area contributed by atoms with Crippen LogP contribution in [0.1, 0.15) is 32.5 Å². The molecule has 0 saturated heterocycles. The SMILES string of the molecule is CCC[C@@H](NS(=O)(=O)c1cnc(CC)[nH]1)C(=O)O. The van der Waals surface area contributed by atoms with Crippen LogP contribution >= 0.6 is 0 Å². The van der Waals surface area contributed by atoms with Crippen molar-refractivity contribution in [2.45, 2.75) is 44.2 Å². The van der Waals surface area contributed by atoms with Crippen molar-refractivity contribution >= 4 is 16.0 Å². The van der Waals surface area contributed by atoms with Crippen molar-refractivity contribution in [1.29, 1.82) is 0 Å². The number of H-pyrrole nitrogens is 1. The molecule has 102 valence electrons.